The van der Waals surface area contributed by atoms with Gasteiger partial charge in [-0.2, -0.15) is 0 Å². The molecule has 6 nitrogen and oxygen atoms in total. The third kappa shape index (κ3) is 4.48. The highest BCUT2D eigenvalue weighted by Gasteiger charge is 2.42. The summed E-state index contributed by atoms with van der Waals surface area (Å²) in [7, 11) is 0. The Morgan fingerprint density at radius 1 is 1.21 bits per heavy atom. The van der Waals surface area contributed by atoms with E-state index >= 15 is 0 Å². The first-order valence-electron chi connectivity index (χ1n) is 10.9. The summed E-state index contributed by atoms with van der Waals surface area (Å²) in [6.45, 7) is 8.41. The maximum absolute atomic E-state index is 12.4. The Balaban J connectivity index is 1.84. The molecule has 1 aliphatic heterocycles. The number of hydrogen-bond acceptors (Lipinski definition) is 4. The van der Waals surface area contributed by atoms with Crippen LogP contribution in [0.2, 0.25) is 5.02 Å². The molecule has 2 unspecified atom stereocenters. The van der Waals surface area contributed by atoms with E-state index in [0.717, 1.165) is 33.9 Å². The number of esters is 1. The molecule has 0 spiro atoms. The van der Waals surface area contributed by atoms with Gasteiger partial charge in [-0.3, -0.25) is 9.78 Å². The fraction of sp³-hybridized carbons (Fsp3) is 0.320. The van der Waals surface area contributed by atoms with E-state index < -0.39 is 0 Å². The third-order valence-corrected chi connectivity index (χ3v) is 6.59. The quantitative estimate of drug-likeness (QED) is 0.394. The summed E-state index contributed by atoms with van der Waals surface area (Å²) in [5.74, 6) is -0.312. The number of hydrogen-bond donors (Lipinski definition) is 1. The molecule has 3 aromatic rings. The fourth-order valence-electron chi connectivity index (χ4n) is 4.54. The van der Waals surface area contributed by atoms with Gasteiger partial charge in [-0.15, -0.1) is 0 Å². The Hall–Kier alpha value is -2.90. The van der Waals surface area contributed by atoms with Crippen molar-refractivity contribution in [2.75, 3.05) is 13.2 Å². The van der Waals surface area contributed by atoms with Crippen molar-refractivity contribution < 1.29 is 9.53 Å². The lowest BCUT2D eigenvalue weighted by molar-refractivity contribution is -0.143. The molecule has 172 valence electrons. The monoisotopic (exact) mass is 482 g/mol. The van der Waals surface area contributed by atoms with Gasteiger partial charge in [0.05, 0.1) is 24.4 Å². The number of halogens is 1. The van der Waals surface area contributed by atoms with Gasteiger partial charge in [0, 0.05) is 28.3 Å². The van der Waals surface area contributed by atoms with Crippen LogP contribution >= 0.6 is 23.8 Å². The predicted octanol–water partition coefficient (Wildman–Crippen LogP) is 4.99. The Labute approximate surface area is 204 Å². The minimum Gasteiger partial charge on any atom is -0.465 e. The lowest BCUT2D eigenvalue weighted by Crippen LogP contribution is -2.35. The summed E-state index contributed by atoms with van der Waals surface area (Å²) in [5.41, 5.74) is 6.21. The first kappa shape index (κ1) is 23.3. The average molecular weight is 483 g/mol. The standard InChI is InChI=1S/C25H27ClN4O2S/c1-5-32-22(31)14-29-24(23(28-25(29)33)20-8-6-7-11-27-20)19-12-16(3)30(17(19)4)21-13-18(26)10-9-15(21)2/h6-13,23-24H,5,14H2,1-4H3,(H,28,33). The highest BCUT2D eigenvalue weighted by Crippen LogP contribution is 2.41. The molecular formula is C25H27ClN4O2S. The van der Waals surface area contributed by atoms with Crippen molar-refractivity contribution in [3.8, 4) is 5.69 Å². The van der Waals surface area contributed by atoms with E-state index in [9.17, 15) is 4.79 Å². The van der Waals surface area contributed by atoms with Crippen LogP contribution in [0.3, 0.4) is 0 Å². The van der Waals surface area contributed by atoms with Crippen LogP contribution < -0.4 is 5.32 Å². The van der Waals surface area contributed by atoms with Gasteiger partial charge in [0.2, 0.25) is 0 Å². The van der Waals surface area contributed by atoms with Gasteiger partial charge in [-0.25, -0.2) is 0 Å². The van der Waals surface area contributed by atoms with Crippen LogP contribution in [-0.4, -0.2) is 38.7 Å². The normalized spacial score (nSPS) is 17.8. The molecule has 1 saturated heterocycles. The second kappa shape index (κ2) is 9.53. The van der Waals surface area contributed by atoms with Crippen LogP contribution in [0.25, 0.3) is 5.69 Å². The Morgan fingerprint density at radius 2 is 2.00 bits per heavy atom. The van der Waals surface area contributed by atoms with Crippen molar-refractivity contribution in [1.29, 1.82) is 0 Å². The molecule has 2 aromatic heterocycles. The number of aryl methyl sites for hydroxylation is 2. The van der Waals surface area contributed by atoms with E-state index in [4.69, 9.17) is 28.6 Å². The van der Waals surface area contributed by atoms with Gasteiger partial charge < -0.3 is 19.5 Å². The van der Waals surface area contributed by atoms with E-state index in [1.54, 1.807) is 13.1 Å². The largest absolute Gasteiger partial charge is 0.465 e. The first-order chi connectivity index (χ1) is 15.8. The van der Waals surface area contributed by atoms with Crippen molar-refractivity contribution >= 4 is 34.9 Å². The van der Waals surface area contributed by atoms with Crippen molar-refractivity contribution in [2.45, 2.75) is 39.8 Å². The van der Waals surface area contributed by atoms with E-state index in [-0.39, 0.29) is 24.6 Å². The van der Waals surface area contributed by atoms with E-state index in [1.165, 1.54) is 0 Å². The molecule has 33 heavy (non-hydrogen) atoms. The van der Waals surface area contributed by atoms with Crippen molar-refractivity contribution in [2.24, 2.45) is 0 Å². The zero-order valence-corrected chi connectivity index (χ0v) is 20.7. The number of nitrogens with one attached hydrogen (secondary N) is 1. The molecule has 1 aromatic carbocycles. The minimum atomic E-state index is -0.312. The van der Waals surface area contributed by atoms with Crippen LogP contribution in [0.4, 0.5) is 0 Å². The Morgan fingerprint density at radius 3 is 2.70 bits per heavy atom. The maximum Gasteiger partial charge on any atom is 0.325 e. The number of carbonyl (C=O) groups is 1. The van der Waals surface area contributed by atoms with Crippen LogP contribution in [0, 0.1) is 20.8 Å². The maximum atomic E-state index is 12.4. The lowest BCUT2D eigenvalue weighted by atomic mass is 9.96. The van der Waals surface area contributed by atoms with Crippen molar-refractivity contribution in [1.82, 2.24) is 19.8 Å². The highest BCUT2D eigenvalue weighted by molar-refractivity contribution is 7.80. The van der Waals surface area contributed by atoms with Gasteiger partial charge in [0.1, 0.15) is 6.54 Å². The van der Waals surface area contributed by atoms with Crippen LogP contribution in [-0.2, 0) is 9.53 Å². The zero-order valence-electron chi connectivity index (χ0n) is 19.1. The molecule has 8 heteroatoms. The van der Waals surface area contributed by atoms with Crippen LogP contribution in [0.15, 0.2) is 48.7 Å². The van der Waals surface area contributed by atoms with E-state index in [1.807, 2.05) is 41.3 Å². The van der Waals surface area contributed by atoms with Gasteiger partial charge in [-0.1, -0.05) is 23.7 Å². The summed E-state index contributed by atoms with van der Waals surface area (Å²) in [4.78, 5) is 18.9. The Bertz CT molecular complexity index is 1190. The SMILES string of the molecule is CCOC(=O)CN1C(=S)NC(c2ccccn2)C1c1cc(C)n(-c2cc(Cl)ccc2C)c1C. The minimum absolute atomic E-state index is 0.0630. The number of carbonyl (C=O) groups excluding carboxylic acids is 1. The Kier molecular flexibility index (Phi) is 6.72. The molecule has 0 saturated carbocycles. The average Bonchev–Trinajstić information content (AvgIpc) is 3.26. The van der Waals surface area contributed by atoms with Crippen LogP contribution in [0.5, 0.6) is 0 Å². The van der Waals surface area contributed by atoms with Gasteiger partial charge in [0.15, 0.2) is 5.11 Å². The molecule has 2 atom stereocenters. The van der Waals surface area contributed by atoms with Crippen molar-refractivity contribution in [3.05, 3.63) is 81.9 Å². The van der Waals surface area contributed by atoms with Gasteiger partial charge in [-0.05, 0) is 81.4 Å². The molecule has 0 radical (unpaired) electrons. The molecule has 0 aliphatic carbocycles. The van der Waals surface area contributed by atoms with Gasteiger partial charge in [0.25, 0.3) is 0 Å². The number of nitrogens with zero attached hydrogens (tertiary/aromatic N) is 3. The second-order valence-electron chi connectivity index (χ2n) is 8.15. The zero-order chi connectivity index (χ0) is 23.7. The highest BCUT2D eigenvalue weighted by atomic mass is 35.5. The van der Waals surface area contributed by atoms with Crippen molar-refractivity contribution in [3.63, 3.8) is 0 Å². The van der Waals surface area contributed by atoms with Gasteiger partial charge >= 0.3 is 5.97 Å². The number of ether oxygens (including phenoxy) is 1. The summed E-state index contributed by atoms with van der Waals surface area (Å²) in [5, 5.41) is 4.58. The molecule has 4 rings (SSSR count). The molecule has 0 amide bonds. The van der Waals surface area contributed by atoms with E-state index in [2.05, 4.69) is 41.7 Å². The summed E-state index contributed by atoms with van der Waals surface area (Å²) >= 11 is 12.0. The van der Waals surface area contributed by atoms with Crippen LogP contribution in [0.1, 0.15) is 47.2 Å². The molecule has 3 heterocycles. The van der Waals surface area contributed by atoms with E-state index in [0.29, 0.717) is 16.7 Å². The number of rotatable bonds is 6. The summed E-state index contributed by atoms with van der Waals surface area (Å²) in [6, 6.07) is 13.4. The molecule has 1 fully saturated rings. The number of thiocarbonyl (C=S) groups is 1. The molecule has 1 N–H and O–H groups in total. The molecule has 0 bridgehead atoms. The smallest absolute Gasteiger partial charge is 0.325 e. The third-order valence-electron chi connectivity index (χ3n) is 6.00. The molecular weight excluding hydrogens is 456 g/mol. The predicted molar refractivity (Wildman–Crippen MR) is 134 cm³/mol. The number of aromatic nitrogens is 2. The fourth-order valence-corrected chi connectivity index (χ4v) is 5.01. The number of pyridine rings is 1. The lowest BCUT2D eigenvalue weighted by Gasteiger charge is -2.27. The summed E-state index contributed by atoms with van der Waals surface area (Å²) < 4.78 is 7.44. The molecule has 1 aliphatic rings. The number of benzene rings is 1. The summed E-state index contributed by atoms with van der Waals surface area (Å²) in [6.07, 6.45) is 1.77. The first-order valence-corrected chi connectivity index (χ1v) is 11.7. The second-order valence-corrected chi connectivity index (χ2v) is 8.98. The topological polar surface area (TPSA) is 59.4 Å².